The standard InChI is InChI=1S/C11H12BrNO/c1-8-4-5-9(2)10(6-8)11(12)7-13-14-3/h4-7H,2H2,1,3H3/p+1/b11-10+,13-7+. The summed E-state index contributed by atoms with van der Waals surface area (Å²) in [6, 6.07) is 6.10. The molecular formula is C11H13BrNO+. The van der Waals surface area contributed by atoms with Crippen LogP contribution in [0, 0.1) is 6.92 Å². The fourth-order valence-corrected chi connectivity index (χ4v) is 1.56. The van der Waals surface area contributed by atoms with Gasteiger partial charge in [0.05, 0.1) is 4.48 Å². The molecule has 1 N–H and O–H groups in total. The van der Waals surface area contributed by atoms with Crippen molar-refractivity contribution in [1.82, 2.24) is 0 Å². The molecule has 0 unspecified atom stereocenters. The van der Waals surface area contributed by atoms with Crippen LogP contribution in [-0.2, 0) is 4.84 Å². The Hall–Kier alpha value is -1.09. The Balaban J connectivity index is 3.35. The van der Waals surface area contributed by atoms with E-state index in [2.05, 4.69) is 33.7 Å². The highest BCUT2D eigenvalue weighted by Gasteiger charge is 1.95. The van der Waals surface area contributed by atoms with Gasteiger partial charge in [0, 0.05) is 5.22 Å². The van der Waals surface area contributed by atoms with Gasteiger partial charge in [-0.3, -0.25) is 4.84 Å². The summed E-state index contributed by atoms with van der Waals surface area (Å²) < 4.78 is 0.924. The first-order chi connectivity index (χ1) is 6.65. The number of benzene rings is 1. The third-order valence-electron chi connectivity index (χ3n) is 1.83. The van der Waals surface area contributed by atoms with E-state index in [-0.39, 0.29) is 0 Å². The number of nitrogens with one attached hydrogen (secondary N) is 1. The zero-order valence-corrected chi connectivity index (χ0v) is 9.89. The number of hydrogen-bond donors (Lipinski definition) is 1. The van der Waals surface area contributed by atoms with E-state index in [1.54, 1.807) is 13.3 Å². The zero-order chi connectivity index (χ0) is 10.6. The summed E-state index contributed by atoms with van der Waals surface area (Å²) in [6.07, 6.45) is 1.74. The van der Waals surface area contributed by atoms with Crippen LogP contribution in [-0.4, -0.2) is 13.3 Å². The molecule has 0 fully saturated rings. The van der Waals surface area contributed by atoms with Crippen molar-refractivity contribution in [2.45, 2.75) is 6.92 Å². The van der Waals surface area contributed by atoms with Crippen molar-refractivity contribution in [3.63, 3.8) is 0 Å². The predicted octanol–water partition coefficient (Wildman–Crippen LogP) is -0.379. The quantitative estimate of drug-likeness (QED) is 0.565. The molecule has 0 aliphatic carbocycles. The van der Waals surface area contributed by atoms with Gasteiger partial charge in [-0.1, -0.05) is 30.3 Å². The van der Waals surface area contributed by atoms with Crippen LogP contribution in [0.4, 0.5) is 0 Å². The summed E-state index contributed by atoms with van der Waals surface area (Å²) in [5.41, 5.74) is 1.20. The van der Waals surface area contributed by atoms with Gasteiger partial charge < -0.3 is 0 Å². The molecule has 74 valence electrons. The molecule has 0 heterocycles. The van der Waals surface area contributed by atoms with Gasteiger partial charge in [-0.05, 0) is 33.2 Å². The largest absolute Gasteiger partial charge is 0.282 e. The van der Waals surface area contributed by atoms with Gasteiger partial charge in [-0.15, -0.1) is 0 Å². The smallest absolute Gasteiger partial charge is 0.227 e. The second-order valence-corrected chi connectivity index (χ2v) is 3.83. The Morgan fingerprint density at radius 3 is 2.93 bits per heavy atom. The summed E-state index contributed by atoms with van der Waals surface area (Å²) in [5.74, 6) is 0. The third kappa shape index (κ3) is 2.70. The second kappa shape index (κ2) is 4.96. The molecule has 1 aromatic rings. The molecule has 0 radical (unpaired) electrons. The number of rotatable bonds is 2. The Morgan fingerprint density at radius 2 is 2.29 bits per heavy atom. The monoisotopic (exact) mass is 254 g/mol. The minimum absolute atomic E-state index is 0.924. The fraction of sp³-hybridized carbons (Fsp3) is 0.182. The Kier molecular flexibility index (Phi) is 3.89. The predicted molar refractivity (Wildman–Crippen MR) is 62.3 cm³/mol. The van der Waals surface area contributed by atoms with Gasteiger partial charge in [0.1, 0.15) is 7.11 Å². The molecule has 0 bridgehead atoms. The normalized spacial score (nSPS) is 13.1. The number of hydrogen-bond acceptors (Lipinski definition) is 1. The van der Waals surface area contributed by atoms with Crippen LogP contribution in [0.15, 0.2) is 18.2 Å². The molecular weight excluding hydrogens is 242 g/mol. The van der Waals surface area contributed by atoms with Crippen molar-refractivity contribution < 1.29 is 9.99 Å². The van der Waals surface area contributed by atoms with Gasteiger partial charge >= 0.3 is 0 Å². The molecule has 1 rings (SSSR count). The van der Waals surface area contributed by atoms with Crippen LogP contribution in [0.1, 0.15) is 5.56 Å². The van der Waals surface area contributed by atoms with Gasteiger partial charge in [-0.2, -0.15) is 0 Å². The van der Waals surface area contributed by atoms with E-state index >= 15 is 0 Å². The summed E-state index contributed by atoms with van der Waals surface area (Å²) in [6.45, 7) is 6.00. The van der Waals surface area contributed by atoms with Crippen molar-refractivity contribution in [1.29, 1.82) is 0 Å². The Labute approximate surface area is 91.7 Å². The lowest BCUT2D eigenvalue weighted by Gasteiger charge is -1.93. The van der Waals surface area contributed by atoms with E-state index < -0.39 is 0 Å². The molecule has 14 heavy (non-hydrogen) atoms. The van der Waals surface area contributed by atoms with Gasteiger partial charge in [-0.25, -0.2) is 0 Å². The third-order valence-corrected chi connectivity index (χ3v) is 2.48. The molecule has 0 spiro atoms. The number of aryl methyl sites for hydroxylation is 1. The van der Waals surface area contributed by atoms with E-state index in [1.807, 2.05) is 19.1 Å². The molecule has 0 aliphatic rings. The van der Waals surface area contributed by atoms with Crippen LogP contribution in [0.2, 0.25) is 0 Å². The molecule has 0 atom stereocenters. The fourth-order valence-electron chi connectivity index (χ4n) is 1.10. The minimum atomic E-state index is 0.924. The van der Waals surface area contributed by atoms with Crippen LogP contribution >= 0.6 is 15.9 Å². The highest BCUT2D eigenvalue weighted by molar-refractivity contribution is 9.15. The van der Waals surface area contributed by atoms with Crippen molar-refractivity contribution in [2.24, 2.45) is 0 Å². The highest BCUT2D eigenvalue weighted by atomic mass is 79.9. The Bertz CT molecular complexity index is 451. The summed E-state index contributed by atoms with van der Waals surface area (Å²) in [5, 5.41) is 4.70. The van der Waals surface area contributed by atoms with Gasteiger partial charge in [0.25, 0.3) is 0 Å². The maximum absolute atomic E-state index is 4.73. The topological polar surface area (TPSA) is 23.2 Å². The van der Waals surface area contributed by atoms with E-state index in [0.717, 1.165) is 14.9 Å². The van der Waals surface area contributed by atoms with E-state index in [0.29, 0.717) is 0 Å². The number of halogens is 1. The molecule has 2 nitrogen and oxygen atoms in total. The average Bonchev–Trinajstić information content (AvgIpc) is 2.18. The minimum Gasteiger partial charge on any atom is -0.282 e. The lowest BCUT2D eigenvalue weighted by atomic mass is 10.2. The summed E-state index contributed by atoms with van der Waals surface area (Å²) in [4.78, 5) is 4.73. The Morgan fingerprint density at radius 1 is 1.57 bits per heavy atom. The molecule has 0 saturated carbocycles. The van der Waals surface area contributed by atoms with E-state index in [4.69, 9.17) is 4.84 Å². The highest BCUT2D eigenvalue weighted by Crippen LogP contribution is 1.96. The molecule has 0 saturated heterocycles. The first-order valence-electron chi connectivity index (χ1n) is 4.22. The first-order valence-corrected chi connectivity index (χ1v) is 5.01. The summed E-state index contributed by atoms with van der Waals surface area (Å²) in [7, 11) is 1.57. The van der Waals surface area contributed by atoms with Crippen LogP contribution < -0.4 is 15.6 Å². The SMILES string of the molecule is C=c1ccc(C)c/c1=C(Br)/C=[NH+]/OC. The lowest BCUT2D eigenvalue weighted by molar-refractivity contribution is -0.740. The lowest BCUT2D eigenvalue weighted by Crippen LogP contribution is -2.66. The maximum Gasteiger partial charge on any atom is 0.227 e. The van der Waals surface area contributed by atoms with Crippen molar-refractivity contribution in [2.75, 3.05) is 7.11 Å². The zero-order valence-electron chi connectivity index (χ0n) is 8.30. The van der Waals surface area contributed by atoms with Gasteiger partial charge in [0.15, 0.2) is 0 Å². The van der Waals surface area contributed by atoms with E-state index in [1.165, 1.54) is 5.56 Å². The van der Waals surface area contributed by atoms with Crippen molar-refractivity contribution >= 4 is 33.2 Å². The van der Waals surface area contributed by atoms with Crippen LogP contribution in [0.5, 0.6) is 0 Å². The molecule has 3 heteroatoms. The van der Waals surface area contributed by atoms with Crippen LogP contribution in [0.3, 0.4) is 0 Å². The first kappa shape index (κ1) is 11.0. The molecule has 1 aromatic carbocycles. The molecule has 0 aliphatic heterocycles. The van der Waals surface area contributed by atoms with Gasteiger partial charge in [0.2, 0.25) is 6.21 Å². The molecule has 0 amide bonds. The van der Waals surface area contributed by atoms with Crippen molar-refractivity contribution in [3.05, 3.63) is 34.2 Å². The van der Waals surface area contributed by atoms with E-state index in [9.17, 15) is 0 Å². The average molecular weight is 255 g/mol. The second-order valence-electron chi connectivity index (χ2n) is 2.97. The maximum atomic E-state index is 4.73. The summed E-state index contributed by atoms with van der Waals surface area (Å²) >= 11 is 3.45. The van der Waals surface area contributed by atoms with Crippen molar-refractivity contribution in [3.8, 4) is 0 Å². The molecule has 0 aromatic heterocycles. The van der Waals surface area contributed by atoms with Crippen LogP contribution in [0.25, 0.3) is 11.1 Å².